The Hall–Kier alpha value is -0.610. The molecule has 0 aromatic rings. The van der Waals surface area contributed by atoms with E-state index in [4.69, 9.17) is 10.8 Å². The van der Waals surface area contributed by atoms with E-state index in [0.29, 0.717) is 6.42 Å². The lowest BCUT2D eigenvalue weighted by molar-refractivity contribution is -0.143. The Morgan fingerprint density at radius 2 is 1.73 bits per heavy atom. The molecule has 3 N–H and O–H groups in total. The Morgan fingerprint density at radius 1 is 1.27 bits per heavy atom. The summed E-state index contributed by atoms with van der Waals surface area (Å²) in [6.45, 7) is 8.63. The molecule has 15 heavy (non-hydrogen) atoms. The summed E-state index contributed by atoms with van der Waals surface area (Å²) in [5.41, 5.74) is 4.58. The first kappa shape index (κ1) is 14.4. The highest BCUT2D eigenvalue weighted by Crippen LogP contribution is 2.08. The molecule has 0 aliphatic rings. The molecule has 0 bridgehead atoms. The third kappa shape index (κ3) is 5.74. The predicted octanol–water partition coefficient (Wildman–Crippen LogP) is 1.30. The van der Waals surface area contributed by atoms with Gasteiger partial charge in [-0.1, -0.05) is 13.8 Å². The van der Waals surface area contributed by atoms with Gasteiger partial charge >= 0.3 is 5.97 Å². The van der Waals surface area contributed by atoms with Gasteiger partial charge in [-0.05, 0) is 39.3 Å². The van der Waals surface area contributed by atoms with Crippen molar-refractivity contribution < 1.29 is 9.90 Å². The Bertz CT molecular complexity index is 187. The number of carboxylic acids is 1. The van der Waals surface area contributed by atoms with Crippen molar-refractivity contribution in [2.24, 2.45) is 5.73 Å². The molecule has 0 aromatic carbocycles. The minimum atomic E-state index is -1.10. The van der Waals surface area contributed by atoms with Crippen molar-refractivity contribution in [3.8, 4) is 0 Å². The van der Waals surface area contributed by atoms with E-state index in [2.05, 4.69) is 18.7 Å². The van der Waals surface area contributed by atoms with Gasteiger partial charge in [-0.2, -0.15) is 0 Å². The van der Waals surface area contributed by atoms with Gasteiger partial charge in [-0.25, -0.2) is 0 Å². The molecule has 4 heteroatoms. The molecular formula is C11H24N2O2. The van der Waals surface area contributed by atoms with Gasteiger partial charge in [0, 0.05) is 6.54 Å². The SMILES string of the molecule is CCCN(CCC)CCC(C)(N)C(=O)O. The summed E-state index contributed by atoms with van der Waals surface area (Å²) in [7, 11) is 0. The molecule has 0 fully saturated rings. The van der Waals surface area contributed by atoms with Crippen LogP contribution in [0.5, 0.6) is 0 Å². The molecule has 0 radical (unpaired) electrons. The smallest absolute Gasteiger partial charge is 0.323 e. The number of hydrogen-bond acceptors (Lipinski definition) is 3. The van der Waals surface area contributed by atoms with Gasteiger partial charge in [0.25, 0.3) is 0 Å². The highest BCUT2D eigenvalue weighted by atomic mass is 16.4. The highest BCUT2D eigenvalue weighted by Gasteiger charge is 2.27. The number of nitrogens with two attached hydrogens (primary N) is 1. The first-order valence-corrected chi connectivity index (χ1v) is 5.68. The topological polar surface area (TPSA) is 66.6 Å². The molecule has 0 aliphatic carbocycles. The molecule has 0 saturated heterocycles. The van der Waals surface area contributed by atoms with Crippen molar-refractivity contribution in [1.82, 2.24) is 4.90 Å². The minimum Gasteiger partial charge on any atom is -0.480 e. The van der Waals surface area contributed by atoms with Crippen LogP contribution in [0, 0.1) is 0 Å². The summed E-state index contributed by atoms with van der Waals surface area (Å²) in [6.07, 6.45) is 2.69. The fourth-order valence-electron chi connectivity index (χ4n) is 1.47. The van der Waals surface area contributed by atoms with Crippen molar-refractivity contribution in [3.05, 3.63) is 0 Å². The second-order valence-electron chi connectivity index (χ2n) is 4.31. The molecular weight excluding hydrogens is 192 g/mol. The zero-order valence-electron chi connectivity index (χ0n) is 10.1. The third-order valence-electron chi connectivity index (χ3n) is 2.52. The predicted molar refractivity (Wildman–Crippen MR) is 61.9 cm³/mol. The van der Waals surface area contributed by atoms with Crippen LogP contribution in [0.25, 0.3) is 0 Å². The van der Waals surface area contributed by atoms with Crippen LogP contribution in [-0.2, 0) is 4.79 Å². The number of nitrogens with zero attached hydrogens (tertiary/aromatic N) is 1. The summed E-state index contributed by atoms with van der Waals surface area (Å²) in [5, 5.41) is 8.87. The average molecular weight is 216 g/mol. The lowest BCUT2D eigenvalue weighted by Crippen LogP contribution is -2.47. The molecule has 0 rings (SSSR count). The Morgan fingerprint density at radius 3 is 2.07 bits per heavy atom. The second kappa shape index (κ2) is 6.80. The van der Waals surface area contributed by atoms with Crippen molar-refractivity contribution >= 4 is 5.97 Å². The monoisotopic (exact) mass is 216 g/mol. The fraction of sp³-hybridized carbons (Fsp3) is 0.909. The van der Waals surface area contributed by atoms with E-state index in [0.717, 1.165) is 32.5 Å². The van der Waals surface area contributed by atoms with Crippen LogP contribution in [0.15, 0.2) is 0 Å². The zero-order chi connectivity index (χ0) is 11.9. The molecule has 1 unspecified atom stereocenters. The van der Waals surface area contributed by atoms with Crippen LogP contribution in [0.2, 0.25) is 0 Å². The van der Waals surface area contributed by atoms with Crippen molar-refractivity contribution in [1.29, 1.82) is 0 Å². The fourth-order valence-corrected chi connectivity index (χ4v) is 1.47. The van der Waals surface area contributed by atoms with Crippen LogP contribution < -0.4 is 5.73 Å². The first-order chi connectivity index (χ1) is 6.94. The minimum absolute atomic E-state index is 0.502. The number of carbonyl (C=O) groups is 1. The molecule has 90 valence electrons. The molecule has 0 spiro atoms. The maximum Gasteiger partial charge on any atom is 0.323 e. The van der Waals surface area contributed by atoms with E-state index in [1.165, 1.54) is 0 Å². The largest absolute Gasteiger partial charge is 0.480 e. The third-order valence-corrected chi connectivity index (χ3v) is 2.52. The molecule has 1 atom stereocenters. The summed E-state index contributed by atoms with van der Waals surface area (Å²) < 4.78 is 0. The van der Waals surface area contributed by atoms with Crippen LogP contribution in [0.3, 0.4) is 0 Å². The lowest BCUT2D eigenvalue weighted by Gasteiger charge is -2.26. The number of rotatable bonds is 8. The Kier molecular flexibility index (Phi) is 6.52. The summed E-state index contributed by atoms with van der Waals surface area (Å²) in [5.74, 6) is -0.921. The maximum atomic E-state index is 10.8. The van der Waals surface area contributed by atoms with Crippen LogP contribution >= 0.6 is 0 Å². The van der Waals surface area contributed by atoms with Gasteiger partial charge < -0.3 is 15.7 Å². The van der Waals surface area contributed by atoms with Gasteiger partial charge in [0.2, 0.25) is 0 Å². The van der Waals surface area contributed by atoms with Gasteiger partial charge in [-0.3, -0.25) is 4.79 Å². The second-order valence-corrected chi connectivity index (χ2v) is 4.31. The normalized spacial score (nSPS) is 15.3. The van der Waals surface area contributed by atoms with Crippen LogP contribution in [0.1, 0.15) is 40.0 Å². The standard InChI is InChI=1S/C11H24N2O2/c1-4-7-13(8-5-2)9-6-11(3,12)10(14)15/h4-9,12H2,1-3H3,(H,14,15). The van der Waals surface area contributed by atoms with Gasteiger partial charge in [-0.15, -0.1) is 0 Å². The van der Waals surface area contributed by atoms with Gasteiger partial charge in [0.15, 0.2) is 0 Å². The average Bonchev–Trinajstić information content (AvgIpc) is 2.15. The maximum absolute atomic E-state index is 10.8. The Balaban J connectivity index is 4.02. The highest BCUT2D eigenvalue weighted by molar-refractivity contribution is 5.77. The van der Waals surface area contributed by atoms with Crippen LogP contribution in [-0.4, -0.2) is 41.1 Å². The number of hydrogen-bond donors (Lipinski definition) is 2. The van der Waals surface area contributed by atoms with Crippen molar-refractivity contribution in [3.63, 3.8) is 0 Å². The zero-order valence-corrected chi connectivity index (χ0v) is 10.1. The number of aliphatic carboxylic acids is 1. The van der Waals surface area contributed by atoms with E-state index in [1.807, 2.05) is 0 Å². The lowest BCUT2D eigenvalue weighted by atomic mass is 9.99. The molecule has 0 amide bonds. The molecule has 0 heterocycles. The van der Waals surface area contributed by atoms with Crippen molar-refractivity contribution in [2.75, 3.05) is 19.6 Å². The van der Waals surface area contributed by atoms with E-state index in [1.54, 1.807) is 6.92 Å². The number of carboxylic acid groups (broad SMARTS) is 1. The van der Waals surface area contributed by atoms with E-state index in [9.17, 15) is 4.79 Å². The molecule has 0 aliphatic heterocycles. The summed E-state index contributed by atoms with van der Waals surface area (Å²) in [6, 6.07) is 0. The Labute approximate surface area is 92.4 Å². The van der Waals surface area contributed by atoms with E-state index < -0.39 is 11.5 Å². The molecule has 0 saturated carbocycles. The molecule has 0 aromatic heterocycles. The van der Waals surface area contributed by atoms with Crippen LogP contribution in [0.4, 0.5) is 0 Å². The first-order valence-electron chi connectivity index (χ1n) is 5.68. The van der Waals surface area contributed by atoms with E-state index >= 15 is 0 Å². The van der Waals surface area contributed by atoms with E-state index in [-0.39, 0.29) is 0 Å². The molecule has 4 nitrogen and oxygen atoms in total. The summed E-state index contributed by atoms with van der Waals surface area (Å²) >= 11 is 0. The summed E-state index contributed by atoms with van der Waals surface area (Å²) in [4.78, 5) is 13.1. The van der Waals surface area contributed by atoms with Gasteiger partial charge in [0.1, 0.15) is 5.54 Å². The van der Waals surface area contributed by atoms with Crippen molar-refractivity contribution in [2.45, 2.75) is 45.6 Å². The van der Waals surface area contributed by atoms with Gasteiger partial charge in [0.05, 0.1) is 0 Å². The quantitative estimate of drug-likeness (QED) is 0.642.